The first-order valence-electron chi connectivity index (χ1n) is 5.77. The molecule has 5 nitrogen and oxygen atoms in total. The lowest BCUT2D eigenvalue weighted by atomic mass is 10.4. The zero-order chi connectivity index (χ0) is 14.9. The highest BCUT2D eigenvalue weighted by Crippen LogP contribution is 2.29. The van der Waals surface area contributed by atoms with E-state index in [2.05, 4.69) is 27.1 Å². The smallest absolute Gasteiger partial charge is 0.195 e. The monoisotopic (exact) mass is 378 g/mol. The molecular weight excluding hydrogens is 364 g/mol. The summed E-state index contributed by atoms with van der Waals surface area (Å²) in [5, 5.41) is 3.11. The summed E-state index contributed by atoms with van der Waals surface area (Å²) in [4.78, 5) is 0. The van der Waals surface area contributed by atoms with Crippen LogP contribution < -0.4 is 5.32 Å². The molecule has 110 valence electrons. The second-order valence-electron chi connectivity index (χ2n) is 4.45. The Morgan fingerprint density at radius 2 is 2.25 bits per heavy atom. The number of likely N-dealkylation sites (N-methyl/N-ethyl adjacent to an activating group) is 1. The molecule has 0 saturated carbocycles. The minimum absolute atomic E-state index is 0.545. The molecule has 0 fully saturated rings. The fourth-order valence-electron chi connectivity index (χ4n) is 1.53. The van der Waals surface area contributed by atoms with E-state index in [4.69, 9.17) is 21.1 Å². The second-order valence-corrected chi connectivity index (χ2v) is 8.29. The summed E-state index contributed by atoms with van der Waals surface area (Å²) in [7, 11) is -0.412. The zero-order valence-electron chi connectivity index (χ0n) is 11.1. The summed E-state index contributed by atoms with van der Waals surface area (Å²) in [6.07, 6.45) is 3.14. The number of halogens is 1. The number of rotatable bonds is 5. The molecule has 2 rings (SSSR count). The van der Waals surface area contributed by atoms with Gasteiger partial charge in [0.25, 0.3) is 0 Å². The van der Waals surface area contributed by atoms with Gasteiger partial charge in [-0.1, -0.05) is 12.2 Å². The van der Waals surface area contributed by atoms with Crippen molar-refractivity contribution in [2.75, 3.05) is 31.7 Å². The van der Waals surface area contributed by atoms with Crippen LogP contribution in [0.25, 0.3) is 11.2 Å². The molecule has 0 radical (unpaired) electrons. The maximum Gasteiger partial charge on any atom is 0.195 e. The van der Waals surface area contributed by atoms with E-state index >= 15 is 0 Å². The van der Waals surface area contributed by atoms with Crippen LogP contribution in [-0.2, 0) is 9.71 Å². The van der Waals surface area contributed by atoms with Gasteiger partial charge in [0.2, 0.25) is 0 Å². The fraction of sp³-hybridized carbons (Fsp3) is 0.333. The third-order valence-electron chi connectivity index (χ3n) is 2.79. The van der Waals surface area contributed by atoms with Crippen LogP contribution in [0, 0.1) is 4.51 Å². The van der Waals surface area contributed by atoms with Gasteiger partial charge in [-0.15, -0.1) is 0 Å². The average molecular weight is 379 g/mol. The normalized spacial score (nSPS) is 14.6. The predicted octanol–water partition coefficient (Wildman–Crippen LogP) is 3.12. The summed E-state index contributed by atoms with van der Waals surface area (Å²) in [5.41, 5.74) is 1.12. The molecule has 8 heteroatoms. The van der Waals surface area contributed by atoms with Crippen molar-refractivity contribution in [2.24, 2.45) is 0 Å². The van der Waals surface area contributed by atoms with Gasteiger partial charge in [-0.3, -0.25) is 4.21 Å². The second kappa shape index (κ2) is 5.88. The van der Waals surface area contributed by atoms with Gasteiger partial charge in [-0.2, -0.15) is 0 Å². The fourth-order valence-corrected chi connectivity index (χ4v) is 2.61. The molecule has 0 aliphatic heterocycles. The molecule has 20 heavy (non-hydrogen) atoms. The van der Waals surface area contributed by atoms with E-state index in [-0.39, 0.29) is 0 Å². The number of hydrogen-bond acceptors (Lipinski definition) is 5. The molecule has 0 bridgehead atoms. The number of furan rings is 1. The Hall–Kier alpha value is -0.830. The Balaban J connectivity index is 2.11. The first-order valence-corrected chi connectivity index (χ1v) is 9.06. The van der Waals surface area contributed by atoms with E-state index in [0.29, 0.717) is 39.1 Å². The number of hydrogen-bond donors (Lipinski definition) is 1. The van der Waals surface area contributed by atoms with Crippen LogP contribution in [-0.4, -0.2) is 40.8 Å². The van der Waals surface area contributed by atoms with Crippen LogP contribution in [0.1, 0.15) is 0 Å². The topological polar surface area (TPSA) is 58.6 Å². The van der Waals surface area contributed by atoms with E-state index in [1.807, 2.05) is 0 Å². The molecule has 1 atom stereocenters. The summed E-state index contributed by atoms with van der Waals surface area (Å²) in [6.45, 7) is 1.14. The van der Waals surface area contributed by atoms with Gasteiger partial charge in [-0.05, 0) is 28.8 Å². The lowest BCUT2D eigenvalue weighted by Gasteiger charge is -2.18. The van der Waals surface area contributed by atoms with E-state index < -0.39 is 9.71 Å². The maximum atomic E-state index is 11.7. The highest BCUT2D eigenvalue weighted by atomic mass is 79.9. The highest BCUT2D eigenvalue weighted by Gasteiger charge is 2.10. The lowest BCUT2D eigenvalue weighted by Crippen LogP contribution is -2.30. The summed E-state index contributed by atoms with van der Waals surface area (Å²) < 4.78 is 25.6. The van der Waals surface area contributed by atoms with Crippen molar-refractivity contribution in [3.63, 3.8) is 0 Å². The first kappa shape index (κ1) is 15.6. The highest BCUT2D eigenvalue weighted by molar-refractivity contribution is 9.10. The van der Waals surface area contributed by atoms with Gasteiger partial charge in [0.1, 0.15) is 6.26 Å². The molecule has 1 unspecified atom stereocenters. The van der Waals surface area contributed by atoms with Crippen molar-refractivity contribution in [2.45, 2.75) is 0 Å². The molecule has 1 N–H and O–H groups in total. The number of nitrogens with zero attached hydrogens (tertiary/aromatic N) is 1. The van der Waals surface area contributed by atoms with Gasteiger partial charge in [-0.25, -0.2) is 4.31 Å². The van der Waals surface area contributed by atoms with Gasteiger partial charge in [0.15, 0.2) is 17.1 Å². The third kappa shape index (κ3) is 3.43. The number of nitrogens with one attached hydrogen (secondary N) is 1. The average Bonchev–Trinajstić information content (AvgIpc) is 2.70. The van der Waals surface area contributed by atoms with Crippen LogP contribution in [0.4, 0.5) is 5.88 Å². The van der Waals surface area contributed by atoms with Crippen LogP contribution in [0.5, 0.6) is 0 Å². The first-order chi connectivity index (χ1) is 9.29. The van der Waals surface area contributed by atoms with Crippen LogP contribution in [0.15, 0.2) is 25.6 Å². The lowest BCUT2D eigenvalue weighted by molar-refractivity contribution is 0.532. The predicted molar refractivity (Wildman–Crippen MR) is 89.3 cm³/mol. The van der Waals surface area contributed by atoms with Crippen molar-refractivity contribution < 1.29 is 13.0 Å². The molecule has 2 heterocycles. The van der Waals surface area contributed by atoms with Crippen molar-refractivity contribution in [1.29, 1.82) is 0 Å². The molecule has 0 saturated heterocycles. The molecule has 0 aliphatic carbocycles. The maximum absolute atomic E-state index is 11.7. The minimum atomic E-state index is -2.18. The van der Waals surface area contributed by atoms with Gasteiger partial charge >= 0.3 is 0 Å². The SMILES string of the molecule is C=S(C)(=O)N(C)CCNc1cc(=S)c2occ(Br)c2o1. The standard InChI is InChI=1S/C12H15BrN2O3S2/c1-15(20(2,3)16)5-4-14-10-6-9(19)12-11(18-10)8(13)7-17-12/h6-7,14H,2,4-5H2,1,3H3. The minimum Gasteiger partial charge on any atom is -0.458 e. The Morgan fingerprint density at radius 1 is 1.55 bits per heavy atom. The third-order valence-corrected chi connectivity index (χ3v) is 5.14. The van der Waals surface area contributed by atoms with Crippen LogP contribution in [0.2, 0.25) is 0 Å². The van der Waals surface area contributed by atoms with E-state index in [9.17, 15) is 4.21 Å². The Bertz CT molecular complexity index is 780. The van der Waals surface area contributed by atoms with Gasteiger partial charge < -0.3 is 14.2 Å². The van der Waals surface area contributed by atoms with E-state index in [1.54, 1.807) is 23.7 Å². The summed E-state index contributed by atoms with van der Waals surface area (Å²) in [5.74, 6) is 4.17. The van der Waals surface area contributed by atoms with Crippen molar-refractivity contribution in [1.82, 2.24) is 4.31 Å². The quantitative estimate of drug-likeness (QED) is 0.809. The Kier molecular flexibility index (Phi) is 4.58. The molecule has 0 aliphatic rings. The molecule has 0 amide bonds. The van der Waals surface area contributed by atoms with Crippen molar-refractivity contribution in [3.05, 3.63) is 21.3 Å². The van der Waals surface area contributed by atoms with E-state index in [0.717, 1.165) is 0 Å². The van der Waals surface area contributed by atoms with Crippen LogP contribution in [0.3, 0.4) is 0 Å². The molecular formula is C12H15BrN2O3S2. The van der Waals surface area contributed by atoms with Crippen LogP contribution >= 0.6 is 28.1 Å². The Morgan fingerprint density at radius 3 is 2.90 bits per heavy atom. The largest absolute Gasteiger partial charge is 0.458 e. The summed E-state index contributed by atoms with van der Waals surface area (Å²) in [6, 6.07) is 1.70. The number of fused-ring (bicyclic) bond motifs is 1. The summed E-state index contributed by atoms with van der Waals surface area (Å²) >= 11 is 8.57. The molecule has 2 aromatic rings. The molecule has 2 aromatic heterocycles. The van der Waals surface area contributed by atoms with Gasteiger partial charge in [0.05, 0.1) is 8.98 Å². The molecule has 0 spiro atoms. The Labute approximate surface area is 131 Å². The zero-order valence-corrected chi connectivity index (χ0v) is 14.4. The van der Waals surface area contributed by atoms with Crippen molar-refractivity contribution in [3.8, 4) is 0 Å². The molecule has 0 aromatic carbocycles. The van der Waals surface area contributed by atoms with Gasteiger partial charge in [0, 0.05) is 35.1 Å². The number of anilines is 1. The van der Waals surface area contributed by atoms with Crippen molar-refractivity contribution >= 4 is 60.8 Å². The van der Waals surface area contributed by atoms with E-state index in [1.165, 1.54) is 6.26 Å².